The van der Waals surface area contributed by atoms with Gasteiger partial charge in [-0.15, -0.1) is 0 Å². The largest absolute Gasteiger partial charge is 0.389 e. The highest BCUT2D eigenvalue weighted by Gasteiger charge is 2.22. The van der Waals surface area contributed by atoms with Gasteiger partial charge >= 0.3 is 0 Å². The van der Waals surface area contributed by atoms with E-state index in [9.17, 15) is 5.11 Å². The molecule has 1 saturated heterocycles. The molecule has 3 nitrogen and oxygen atoms in total. The van der Waals surface area contributed by atoms with Crippen molar-refractivity contribution in [3.63, 3.8) is 0 Å². The first-order chi connectivity index (χ1) is 8.49. The number of likely N-dealkylation sites (N-methyl/N-ethyl adjacent to an activating group) is 1. The van der Waals surface area contributed by atoms with Crippen molar-refractivity contribution in [1.29, 1.82) is 0 Å². The van der Waals surface area contributed by atoms with E-state index >= 15 is 0 Å². The van der Waals surface area contributed by atoms with Crippen molar-refractivity contribution in [1.82, 2.24) is 4.90 Å². The Kier molecular flexibility index (Phi) is 4.15. The summed E-state index contributed by atoms with van der Waals surface area (Å²) in [6, 6.07) is 6.42. The number of benzene rings is 1. The lowest BCUT2D eigenvalue weighted by Crippen LogP contribution is -2.50. The molecule has 1 N–H and O–H groups in total. The fourth-order valence-electron chi connectivity index (χ4n) is 2.56. The van der Waals surface area contributed by atoms with Gasteiger partial charge in [0.15, 0.2) is 0 Å². The average Bonchev–Trinajstić information content (AvgIpc) is 2.28. The zero-order valence-electron chi connectivity index (χ0n) is 11.2. The van der Waals surface area contributed by atoms with Crippen LogP contribution in [0.3, 0.4) is 0 Å². The van der Waals surface area contributed by atoms with Crippen molar-refractivity contribution in [3.8, 4) is 0 Å². The third kappa shape index (κ3) is 2.79. The van der Waals surface area contributed by atoms with E-state index in [4.69, 9.17) is 11.6 Å². The minimum absolute atomic E-state index is 0.484. The van der Waals surface area contributed by atoms with Crippen LogP contribution in [0, 0.1) is 0 Å². The number of hydrogen-bond donors (Lipinski definition) is 1. The van der Waals surface area contributed by atoms with Crippen molar-refractivity contribution < 1.29 is 5.11 Å². The number of rotatable bonds is 2. The Bertz CT molecular complexity index is 422. The van der Waals surface area contributed by atoms with Crippen LogP contribution in [-0.2, 0) is 0 Å². The van der Waals surface area contributed by atoms with E-state index in [0.29, 0.717) is 11.1 Å². The SMILES string of the molecule is CC(O)c1ccc(N2CCN(C)CC2C)cc1Cl. The van der Waals surface area contributed by atoms with E-state index in [1.165, 1.54) is 0 Å². The maximum absolute atomic E-state index is 9.59. The van der Waals surface area contributed by atoms with E-state index in [0.717, 1.165) is 30.9 Å². The van der Waals surface area contributed by atoms with E-state index in [1.807, 2.05) is 12.1 Å². The second-order valence-corrected chi connectivity index (χ2v) is 5.59. The topological polar surface area (TPSA) is 26.7 Å². The smallest absolute Gasteiger partial charge is 0.0776 e. The van der Waals surface area contributed by atoms with Crippen LogP contribution >= 0.6 is 11.6 Å². The van der Waals surface area contributed by atoms with Gasteiger partial charge < -0.3 is 14.9 Å². The van der Waals surface area contributed by atoms with E-state index in [-0.39, 0.29) is 0 Å². The number of aliphatic hydroxyl groups is 1. The van der Waals surface area contributed by atoms with Crippen molar-refractivity contribution in [3.05, 3.63) is 28.8 Å². The Morgan fingerprint density at radius 2 is 2.11 bits per heavy atom. The predicted molar refractivity (Wildman–Crippen MR) is 76.4 cm³/mol. The highest BCUT2D eigenvalue weighted by molar-refractivity contribution is 6.31. The number of piperazine rings is 1. The summed E-state index contributed by atoms with van der Waals surface area (Å²) in [5.74, 6) is 0. The van der Waals surface area contributed by atoms with Gasteiger partial charge in [-0.2, -0.15) is 0 Å². The van der Waals surface area contributed by atoms with Gasteiger partial charge in [0.2, 0.25) is 0 Å². The summed E-state index contributed by atoms with van der Waals surface area (Å²) in [7, 11) is 2.15. The van der Waals surface area contributed by atoms with Crippen LogP contribution in [-0.4, -0.2) is 42.7 Å². The lowest BCUT2D eigenvalue weighted by Gasteiger charge is -2.40. The minimum atomic E-state index is -0.517. The predicted octanol–water partition coefficient (Wildman–Crippen LogP) is 2.53. The average molecular weight is 269 g/mol. The Hall–Kier alpha value is -0.770. The molecule has 4 heteroatoms. The molecule has 0 bridgehead atoms. The zero-order valence-corrected chi connectivity index (χ0v) is 12.0. The van der Waals surface area contributed by atoms with Gasteiger partial charge in [0.1, 0.15) is 0 Å². The molecule has 1 aliphatic heterocycles. The molecule has 0 saturated carbocycles. The van der Waals surface area contributed by atoms with Crippen molar-refractivity contribution in [2.45, 2.75) is 26.0 Å². The number of aliphatic hydroxyl groups excluding tert-OH is 1. The normalized spacial score (nSPS) is 23.2. The summed E-state index contributed by atoms with van der Waals surface area (Å²) in [6.45, 7) is 7.11. The standard InChI is InChI=1S/C14H21ClN2O/c1-10-9-16(3)6-7-17(10)12-4-5-13(11(2)18)14(15)8-12/h4-5,8,10-11,18H,6-7,9H2,1-3H3. The summed E-state index contributed by atoms with van der Waals surface area (Å²) >= 11 is 6.22. The molecule has 0 radical (unpaired) electrons. The molecule has 1 fully saturated rings. The summed E-state index contributed by atoms with van der Waals surface area (Å²) in [5, 5.41) is 10.2. The van der Waals surface area contributed by atoms with E-state index < -0.39 is 6.10 Å². The molecule has 0 aliphatic carbocycles. The van der Waals surface area contributed by atoms with E-state index in [2.05, 4.69) is 29.8 Å². The van der Waals surface area contributed by atoms with Gasteiger partial charge in [0, 0.05) is 36.4 Å². The first-order valence-electron chi connectivity index (χ1n) is 6.41. The van der Waals surface area contributed by atoms with Crippen molar-refractivity contribution >= 4 is 17.3 Å². The number of hydrogen-bond acceptors (Lipinski definition) is 3. The lowest BCUT2D eigenvalue weighted by atomic mass is 10.1. The molecule has 1 aliphatic rings. The Balaban J connectivity index is 2.21. The molecule has 0 aromatic heterocycles. The fourth-order valence-corrected chi connectivity index (χ4v) is 2.89. The second kappa shape index (κ2) is 5.47. The summed E-state index contributed by atoms with van der Waals surface area (Å²) in [4.78, 5) is 4.71. The third-order valence-electron chi connectivity index (χ3n) is 3.60. The molecule has 1 heterocycles. The number of halogens is 1. The van der Waals surface area contributed by atoms with Gasteiger partial charge in [-0.1, -0.05) is 17.7 Å². The zero-order chi connectivity index (χ0) is 13.3. The molecule has 18 heavy (non-hydrogen) atoms. The van der Waals surface area contributed by atoms with Gasteiger partial charge in [-0.3, -0.25) is 0 Å². The first-order valence-corrected chi connectivity index (χ1v) is 6.79. The van der Waals surface area contributed by atoms with Crippen LogP contribution in [0.5, 0.6) is 0 Å². The molecule has 2 rings (SSSR count). The summed E-state index contributed by atoms with van der Waals surface area (Å²) in [5.41, 5.74) is 1.94. The molecule has 1 aromatic carbocycles. The van der Waals surface area contributed by atoms with Gasteiger partial charge in [-0.05, 0) is 38.6 Å². The van der Waals surface area contributed by atoms with Crippen molar-refractivity contribution in [2.75, 3.05) is 31.6 Å². The lowest BCUT2D eigenvalue weighted by molar-refractivity contribution is 0.199. The maximum atomic E-state index is 9.59. The van der Waals surface area contributed by atoms with Gasteiger partial charge in [0.05, 0.1) is 6.10 Å². The van der Waals surface area contributed by atoms with Crippen LogP contribution in [0.25, 0.3) is 0 Å². The Morgan fingerprint density at radius 3 is 2.67 bits per heavy atom. The maximum Gasteiger partial charge on any atom is 0.0776 e. The fraction of sp³-hybridized carbons (Fsp3) is 0.571. The first kappa shape index (κ1) is 13.7. The Morgan fingerprint density at radius 1 is 1.39 bits per heavy atom. The molecule has 2 atom stereocenters. The van der Waals surface area contributed by atoms with Gasteiger partial charge in [0.25, 0.3) is 0 Å². The van der Waals surface area contributed by atoms with Gasteiger partial charge in [-0.25, -0.2) is 0 Å². The van der Waals surface area contributed by atoms with Crippen LogP contribution in [0.15, 0.2) is 18.2 Å². The second-order valence-electron chi connectivity index (χ2n) is 5.19. The molecule has 1 aromatic rings. The van der Waals surface area contributed by atoms with Crippen LogP contribution < -0.4 is 4.90 Å². The van der Waals surface area contributed by atoms with Crippen LogP contribution in [0.2, 0.25) is 5.02 Å². The summed E-state index contributed by atoms with van der Waals surface area (Å²) in [6.07, 6.45) is -0.517. The highest BCUT2D eigenvalue weighted by Crippen LogP contribution is 2.29. The molecule has 100 valence electrons. The molecule has 2 unspecified atom stereocenters. The minimum Gasteiger partial charge on any atom is -0.389 e. The quantitative estimate of drug-likeness (QED) is 0.893. The third-order valence-corrected chi connectivity index (χ3v) is 3.92. The van der Waals surface area contributed by atoms with Crippen LogP contribution in [0.4, 0.5) is 5.69 Å². The highest BCUT2D eigenvalue weighted by atomic mass is 35.5. The van der Waals surface area contributed by atoms with E-state index in [1.54, 1.807) is 6.92 Å². The van der Waals surface area contributed by atoms with Crippen molar-refractivity contribution in [2.24, 2.45) is 0 Å². The summed E-state index contributed by atoms with van der Waals surface area (Å²) < 4.78 is 0. The molecule has 0 amide bonds. The monoisotopic (exact) mass is 268 g/mol. The molecule has 0 spiro atoms. The van der Waals surface area contributed by atoms with Crippen LogP contribution in [0.1, 0.15) is 25.5 Å². The number of nitrogens with zero attached hydrogens (tertiary/aromatic N) is 2. The number of anilines is 1. The molecular formula is C14H21ClN2O. The molecular weight excluding hydrogens is 248 g/mol. The Labute approximate surface area is 114 Å².